The van der Waals surface area contributed by atoms with Crippen LogP contribution in [0.15, 0.2) is 0 Å². The van der Waals surface area contributed by atoms with E-state index in [1.54, 1.807) is 0 Å². The van der Waals surface area contributed by atoms with Gasteiger partial charge in [-0.05, 0) is 0 Å². The molecule has 2 fully saturated rings. The minimum atomic E-state index is -5.66. The predicted octanol–water partition coefficient (Wildman–Crippen LogP) is 3.67. The summed E-state index contributed by atoms with van der Waals surface area (Å²) in [5, 5.41) is 0. The van der Waals surface area contributed by atoms with E-state index in [4.69, 9.17) is 0 Å². The Morgan fingerprint density at radius 1 is 0.500 bits per heavy atom. The summed E-state index contributed by atoms with van der Waals surface area (Å²) in [6.45, 7) is 0. The van der Waals surface area contributed by atoms with E-state index >= 15 is 0 Å². The highest BCUT2D eigenvalue weighted by molar-refractivity contribution is 5.00. The maximum absolute atomic E-state index is 11.7. The Hall–Kier alpha value is -0.920. The van der Waals surface area contributed by atoms with Crippen LogP contribution in [0.4, 0.5) is 52.7 Å². The van der Waals surface area contributed by atoms with Crippen LogP contribution >= 0.6 is 0 Å². The first-order valence-corrected chi connectivity index (χ1v) is 4.08. The Bertz CT molecular complexity index is 360. The Morgan fingerprint density at radius 3 is 0.650 bits per heavy atom. The molecule has 2 saturated heterocycles. The molecular formula is C6F12O2. The SMILES string of the molecule is FC(F)(F)C1(F)OC1(F)F.FC(F)(F)C1(F)OC1(F)F. The third-order valence-corrected chi connectivity index (χ3v) is 1.93. The van der Waals surface area contributed by atoms with Gasteiger partial charge in [0.15, 0.2) is 0 Å². The van der Waals surface area contributed by atoms with Crippen molar-refractivity contribution in [3.63, 3.8) is 0 Å². The smallest absolute Gasteiger partial charge is 0.263 e. The maximum atomic E-state index is 11.7. The van der Waals surface area contributed by atoms with E-state index < -0.39 is 36.3 Å². The van der Waals surface area contributed by atoms with Crippen LogP contribution in [-0.2, 0) is 9.47 Å². The highest BCUT2D eigenvalue weighted by Gasteiger charge is 2.90. The molecule has 2 unspecified atom stereocenters. The summed E-state index contributed by atoms with van der Waals surface area (Å²) in [7, 11) is 0. The van der Waals surface area contributed by atoms with E-state index in [0.29, 0.717) is 0 Å². The molecule has 0 aromatic carbocycles. The molecule has 120 valence electrons. The summed E-state index contributed by atoms with van der Waals surface area (Å²) in [6, 6.07) is 0. The number of rotatable bonds is 0. The first-order chi connectivity index (χ1) is 8.41. The zero-order valence-electron chi connectivity index (χ0n) is 8.35. The predicted molar refractivity (Wildman–Crippen MR) is 31.9 cm³/mol. The number of hydrogen-bond acceptors (Lipinski definition) is 2. The summed E-state index contributed by atoms with van der Waals surface area (Å²) in [6.07, 6.45) is -20.7. The Morgan fingerprint density at radius 2 is 0.650 bits per heavy atom. The second kappa shape index (κ2) is 3.84. The molecule has 2 rings (SSSR count). The van der Waals surface area contributed by atoms with Crippen LogP contribution in [0.3, 0.4) is 0 Å². The van der Waals surface area contributed by atoms with E-state index in [2.05, 4.69) is 9.47 Å². The lowest BCUT2D eigenvalue weighted by Crippen LogP contribution is -2.32. The lowest BCUT2D eigenvalue weighted by Gasteiger charge is -2.04. The molecule has 0 aliphatic carbocycles. The van der Waals surface area contributed by atoms with Gasteiger partial charge in [0.25, 0.3) is 0 Å². The molecular weight excluding hydrogens is 332 g/mol. The van der Waals surface area contributed by atoms with Crippen LogP contribution in [0.1, 0.15) is 0 Å². The molecule has 0 saturated carbocycles. The van der Waals surface area contributed by atoms with E-state index in [-0.39, 0.29) is 0 Å². The van der Waals surface area contributed by atoms with E-state index in [9.17, 15) is 52.7 Å². The topological polar surface area (TPSA) is 25.1 Å². The van der Waals surface area contributed by atoms with Gasteiger partial charge in [0.1, 0.15) is 0 Å². The van der Waals surface area contributed by atoms with Gasteiger partial charge in [-0.3, -0.25) is 9.47 Å². The lowest BCUT2D eigenvalue weighted by atomic mass is 10.4. The first kappa shape index (κ1) is 17.1. The largest absolute Gasteiger partial charge is 0.458 e. The van der Waals surface area contributed by atoms with Gasteiger partial charge >= 0.3 is 36.3 Å². The van der Waals surface area contributed by atoms with Crippen molar-refractivity contribution in [3.05, 3.63) is 0 Å². The van der Waals surface area contributed by atoms with Crippen LogP contribution in [-0.4, -0.2) is 36.3 Å². The van der Waals surface area contributed by atoms with Crippen molar-refractivity contribution in [3.8, 4) is 0 Å². The molecule has 20 heavy (non-hydrogen) atoms. The minimum absolute atomic E-state index is 2.53. The second-order valence-corrected chi connectivity index (χ2v) is 3.42. The van der Waals surface area contributed by atoms with Crippen molar-refractivity contribution in [2.75, 3.05) is 0 Å². The van der Waals surface area contributed by atoms with Gasteiger partial charge in [-0.15, -0.1) is 0 Å². The third-order valence-electron chi connectivity index (χ3n) is 1.93. The maximum Gasteiger partial charge on any atom is 0.458 e. The van der Waals surface area contributed by atoms with Gasteiger partial charge in [-0.1, -0.05) is 0 Å². The fraction of sp³-hybridized carbons (Fsp3) is 1.00. The average molecular weight is 332 g/mol. The normalized spacial score (nSPS) is 37.8. The fourth-order valence-corrected chi connectivity index (χ4v) is 0.748. The monoisotopic (exact) mass is 332 g/mol. The molecule has 2 atom stereocenters. The number of epoxide rings is 2. The number of hydrogen-bond donors (Lipinski definition) is 0. The van der Waals surface area contributed by atoms with Crippen LogP contribution in [0.25, 0.3) is 0 Å². The Balaban J connectivity index is 0.000000200. The molecule has 0 amide bonds. The van der Waals surface area contributed by atoms with Crippen molar-refractivity contribution in [1.29, 1.82) is 0 Å². The molecule has 0 spiro atoms. The summed E-state index contributed by atoms with van der Waals surface area (Å²) in [5.41, 5.74) is 0. The lowest BCUT2D eigenvalue weighted by molar-refractivity contribution is -0.232. The molecule has 0 N–H and O–H groups in total. The third kappa shape index (κ3) is 2.38. The van der Waals surface area contributed by atoms with E-state index in [1.165, 1.54) is 0 Å². The number of halogens is 12. The van der Waals surface area contributed by atoms with Gasteiger partial charge in [-0.2, -0.15) is 52.7 Å². The van der Waals surface area contributed by atoms with E-state index in [1.807, 2.05) is 0 Å². The zero-order chi connectivity index (χ0) is 16.4. The molecule has 2 heterocycles. The average Bonchev–Trinajstić information content (AvgIpc) is 2.83. The van der Waals surface area contributed by atoms with Gasteiger partial charge in [0.2, 0.25) is 0 Å². The van der Waals surface area contributed by atoms with Crippen molar-refractivity contribution in [1.82, 2.24) is 0 Å². The molecule has 14 heteroatoms. The molecule has 0 radical (unpaired) electrons. The first-order valence-electron chi connectivity index (χ1n) is 4.08. The standard InChI is InChI=1S/2C3F6O/c2*4-1(2(5,6)7)3(8,9)10-1. The van der Waals surface area contributed by atoms with Crippen molar-refractivity contribution < 1.29 is 62.2 Å². The molecule has 2 nitrogen and oxygen atoms in total. The minimum Gasteiger partial charge on any atom is -0.263 e. The summed E-state index contributed by atoms with van der Waals surface area (Å²) in [4.78, 5) is 0. The quantitative estimate of drug-likeness (QED) is 0.499. The number of alkyl halides is 12. The molecule has 0 bridgehead atoms. The van der Waals surface area contributed by atoms with E-state index in [0.717, 1.165) is 0 Å². The van der Waals surface area contributed by atoms with Gasteiger partial charge in [-0.25, -0.2) is 0 Å². The number of ether oxygens (including phenoxy) is 2. The molecule has 2 aliphatic heterocycles. The Kier molecular flexibility index (Phi) is 3.29. The summed E-state index contributed by atoms with van der Waals surface area (Å²) in [5.74, 6) is -9.50. The van der Waals surface area contributed by atoms with Crippen molar-refractivity contribution in [2.45, 2.75) is 36.3 Å². The highest BCUT2D eigenvalue weighted by Crippen LogP contribution is 2.61. The Labute approximate surface area is 99.8 Å². The van der Waals surface area contributed by atoms with Gasteiger partial charge in [0, 0.05) is 0 Å². The zero-order valence-corrected chi connectivity index (χ0v) is 8.35. The molecule has 0 aromatic heterocycles. The molecule has 2 aliphatic rings. The summed E-state index contributed by atoms with van der Waals surface area (Å²) >= 11 is 0. The fourth-order valence-electron chi connectivity index (χ4n) is 0.748. The van der Waals surface area contributed by atoms with Gasteiger partial charge < -0.3 is 0 Å². The van der Waals surface area contributed by atoms with Crippen LogP contribution in [0.5, 0.6) is 0 Å². The second-order valence-electron chi connectivity index (χ2n) is 3.42. The van der Waals surface area contributed by atoms with Crippen LogP contribution in [0, 0.1) is 0 Å². The molecule has 0 aromatic rings. The van der Waals surface area contributed by atoms with Crippen LogP contribution < -0.4 is 0 Å². The summed E-state index contributed by atoms with van der Waals surface area (Å²) < 4.78 is 141. The van der Waals surface area contributed by atoms with Crippen molar-refractivity contribution in [2.24, 2.45) is 0 Å². The van der Waals surface area contributed by atoms with Gasteiger partial charge in [0.05, 0.1) is 0 Å². The van der Waals surface area contributed by atoms with Crippen molar-refractivity contribution >= 4 is 0 Å². The van der Waals surface area contributed by atoms with Crippen LogP contribution in [0.2, 0.25) is 0 Å². The highest BCUT2D eigenvalue weighted by atomic mass is 19.4.